The third kappa shape index (κ3) is 2.50. The summed E-state index contributed by atoms with van der Waals surface area (Å²) in [5.41, 5.74) is 0.229. The van der Waals surface area contributed by atoms with Gasteiger partial charge < -0.3 is 5.11 Å². The zero-order valence-electron chi connectivity index (χ0n) is 10.5. The van der Waals surface area contributed by atoms with Crippen LogP contribution in [0.25, 0.3) is 0 Å². The Bertz CT molecular complexity index is 181. The summed E-state index contributed by atoms with van der Waals surface area (Å²) in [6, 6.07) is 0. The lowest BCUT2D eigenvalue weighted by Gasteiger charge is -2.51. The van der Waals surface area contributed by atoms with Crippen LogP contribution >= 0.6 is 0 Å². The number of aliphatic hydroxyl groups is 1. The fraction of sp³-hybridized carbons (Fsp3) is 1.00. The highest BCUT2D eigenvalue weighted by molar-refractivity contribution is 4.98. The first-order valence-electron chi connectivity index (χ1n) is 5.97. The van der Waals surface area contributed by atoms with E-state index in [-0.39, 0.29) is 0 Å². The van der Waals surface area contributed by atoms with E-state index in [1.807, 2.05) is 6.92 Å². The van der Waals surface area contributed by atoms with Gasteiger partial charge in [0.25, 0.3) is 0 Å². The van der Waals surface area contributed by atoms with Crippen molar-refractivity contribution in [3.63, 3.8) is 0 Å². The minimum absolute atomic E-state index is 0.299. The van der Waals surface area contributed by atoms with E-state index in [2.05, 4.69) is 27.7 Å². The number of hydrogen-bond donors (Lipinski definition) is 1. The summed E-state index contributed by atoms with van der Waals surface area (Å²) in [6.45, 7) is 11.1. The second-order valence-corrected chi connectivity index (χ2v) is 6.40. The van der Waals surface area contributed by atoms with E-state index in [1.165, 1.54) is 19.3 Å². The Kier molecular flexibility index (Phi) is 3.02. The first-order chi connectivity index (χ1) is 6.24. The molecule has 1 rings (SSSR count). The van der Waals surface area contributed by atoms with Crippen molar-refractivity contribution < 1.29 is 5.11 Å². The molecule has 0 bridgehead atoms. The van der Waals surface area contributed by atoms with Gasteiger partial charge in [-0.25, -0.2) is 0 Å². The van der Waals surface area contributed by atoms with Crippen molar-refractivity contribution in [2.45, 2.75) is 72.3 Å². The highest BCUT2D eigenvalue weighted by atomic mass is 16.3. The summed E-state index contributed by atoms with van der Waals surface area (Å²) in [4.78, 5) is 0. The van der Waals surface area contributed by atoms with E-state index in [4.69, 9.17) is 0 Å². The van der Waals surface area contributed by atoms with E-state index in [1.54, 1.807) is 0 Å². The fourth-order valence-electron chi connectivity index (χ4n) is 3.79. The molecule has 1 N–H and O–H groups in total. The molecule has 0 aromatic rings. The maximum Gasteiger partial charge on any atom is 0.0630 e. The van der Waals surface area contributed by atoms with Gasteiger partial charge in [-0.2, -0.15) is 0 Å². The Morgan fingerprint density at radius 2 is 1.43 bits per heavy atom. The van der Waals surface area contributed by atoms with Crippen molar-refractivity contribution in [2.75, 3.05) is 0 Å². The molecule has 0 aromatic carbocycles. The van der Waals surface area contributed by atoms with Gasteiger partial charge in [-0.15, -0.1) is 0 Å². The van der Waals surface area contributed by atoms with Crippen LogP contribution in [0.15, 0.2) is 0 Å². The lowest BCUT2D eigenvalue weighted by atomic mass is 9.57. The molecule has 0 saturated heterocycles. The van der Waals surface area contributed by atoms with Crippen molar-refractivity contribution in [1.29, 1.82) is 0 Å². The standard InChI is InChI=1S/C13H26O/c1-6-13(7-2)9-11(3,4)8-12(5,14)10-13/h14H,6-10H2,1-5H3. The second kappa shape index (κ2) is 3.52. The molecule has 1 aliphatic carbocycles. The van der Waals surface area contributed by atoms with Gasteiger partial charge in [0.1, 0.15) is 0 Å². The molecule has 0 radical (unpaired) electrons. The largest absolute Gasteiger partial charge is 0.390 e. The van der Waals surface area contributed by atoms with Crippen molar-refractivity contribution >= 4 is 0 Å². The summed E-state index contributed by atoms with van der Waals surface area (Å²) in [7, 11) is 0. The van der Waals surface area contributed by atoms with Crippen LogP contribution in [0.1, 0.15) is 66.7 Å². The third-order valence-electron chi connectivity index (χ3n) is 3.97. The normalized spacial score (nSPS) is 35.6. The SMILES string of the molecule is CCC1(CC)CC(C)(C)CC(C)(O)C1. The summed E-state index contributed by atoms with van der Waals surface area (Å²) in [5, 5.41) is 10.3. The van der Waals surface area contributed by atoms with Gasteiger partial charge in [0.05, 0.1) is 5.60 Å². The minimum atomic E-state index is -0.451. The van der Waals surface area contributed by atoms with Gasteiger partial charge >= 0.3 is 0 Å². The molecule has 1 fully saturated rings. The van der Waals surface area contributed by atoms with E-state index < -0.39 is 5.60 Å². The average molecular weight is 198 g/mol. The molecule has 1 saturated carbocycles. The number of rotatable bonds is 2. The van der Waals surface area contributed by atoms with Gasteiger partial charge in [0, 0.05) is 0 Å². The molecular weight excluding hydrogens is 172 g/mol. The van der Waals surface area contributed by atoms with Crippen LogP contribution in [-0.4, -0.2) is 10.7 Å². The van der Waals surface area contributed by atoms with Crippen LogP contribution in [0, 0.1) is 10.8 Å². The van der Waals surface area contributed by atoms with Gasteiger partial charge in [-0.05, 0) is 37.0 Å². The fourth-order valence-corrected chi connectivity index (χ4v) is 3.79. The molecule has 0 spiro atoms. The molecule has 0 aromatic heterocycles. The molecule has 1 heteroatoms. The van der Waals surface area contributed by atoms with Gasteiger partial charge in [0.15, 0.2) is 0 Å². The zero-order chi connectivity index (χ0) is 11.0. The van der Waals surface area contributed by atoms with Crippen LogP contribution < -0.4 is 0 Å². The lowest BCUT2D eigenvalue weighted by Crippen LogP contribution is -2.45. The summed E-state index contributed by atoms with van der Waals surface area (Å²) >= 11 is 0. The van der Waals surface area contributed by atoms with Gasteiger partial charge in [0.2, 0.25) is 0 Å². The monoisotopic (exact) mass is 198 g/mol. The van der Waals surface area contributed by atoms with E-state index in [0.29, 0.717) is 10.8 Å². The predicted octanol–water partition coefficient (Wildman–Crippen LogP) is 3.75. The van der Waals surface area contributed by atoms with E-state index in [9.17, 15) is 5.11 Å². The van der Waals surface area contributed by atoms with Crippen LogP contribution in [0.2, 0.25) is 0 Å². The third-order valence-corrected chi connectivity index (χ3v) is 3.97. The van der Waals surface area contributed by atoms with E-state index in [0.717, 1.165) is 12.8 Å². The Balaban J connectivity index is 2.90. The molecule has 0 aliphatic heterocycles. The number of hydrogen-bond acceptors (Lipinski definition) is 1. The summed E-state index contributed by atoms with van der Waals surface area (Å²) in [5.74, 6) is 0. The Morgan fingerprint density at radius 1 is 0.929 bits per heavy atom. The molecule has 14 heavy (non-hydrogen) atoms. The zero-order valence-corrected chi connectivity index (χ0v) is 10.5. The maximum atomic E-state index is 10.3. The molecule has 1 unspecified atom stereocenters. The highest BCUT2D eigenvalue weighted by Crippen LogP contribution is 2.53. The Labute approximate surface area is 88.9 Å². The minimum Gasteiger partial charge on any atom is -0.390 e. The Hall–Kier alpha value is -0.0400. The molecule has 0 amide bonds. The lowest BCUT2D eigenvalue weighted by molar-refractivity contribution is -0.0877. The summed E-state index contributed by atoms with van der Waals surface area (Å²) in [6.07, 6.45) is 5.59. The average Bonchev–Trinajstić information content (AvgIpc) is 1.98. The molecule has 0 heterocycles. The molecule has 1 nitrogen and oxygen atoms in total. The first-order valence-corrected chi connectivity index (χ1v) is 5.97. The Morgan fingerprint density at radius 3 is 1.79 bits per heavy atom. The van der Waals surface area contributed by atoms with Crippen LogP contribution in [0.5, 0.6) is 0 Å². The van der Waals surface area contributed by atoms with Crippen molar-refractivity contribution in [2.24, 2.45) is 10.8 Å². The summed E-state index contributed by atoms with van der Waals surface area (Å²) < 4.78 is 0. The second-order valence-electron chi connectivity index (χ2n) is 6.40. The molecule has 84 valence electrons. The quantitative estimate of drug-likeness (QED) is 0.716. The van der Waals surface area contributed by atoms with Crippen molar-refractivity contribution in [1.82, 2.24) is 0 Å². The molecule has 1 aliphatic rings. The maximum absolute atomic E-state index is 10.3. The van der Waals surface area contributed by atoms with Crippen LogP contribution in [0.4, 0.5) is 0 Å². The van der Waals surface area contributed by atoms with Gasteiger partial charge in [-0.1, -0.05) is 40.5 Å². The smallest absolute Gasteiger partial charge is 0.0630 e. The van der Waals surface area contributed by atoms with Crippen molar-refractivity contribution in [3.8, 4) is 0 Å². The predicted molar refractivity (Wildman–Crippen MR) is 61.3 cm³/mol. The topological polar surface area (TPSA) is 20.2 Å². The van der Waals surface area contributed by atoms with Crippen LogP contribution in [0.3, 0.4) is 0 Å². The van der Waals surface area contributed by atoms with E-state index >= 15 is 0 Å². The highest BCUT2D eigenvalue weighted by Gasteiger charge is 2.46. The first kappa shape index (κ1) is 12.0. The molecular formula is C13H26O. The molecule has 1 atom stereocenters. The van der Waals surface area contributed by atoms with Crippen LogP contribution in [-0.2, 0) is 0 Å². The van der Waals surface area contributed by atoms with Crippen molar-refractivity contribution in [3.05, 3.63) is 0 Å². The van der Waals surface area contributed by atoms with Gasteiger partial charge in [-0.3, -0.25) is 0 Å².